The lowest BCUT2D eigenvalue weighted by Crippen LogP contribution is -2.46. The average molecular weight is 576 g/mol. The van der Waals surface area contributed by atoms with Crippen molar-refractivity contribution in [1.82, 2.24) is 13.9 Å². The van der Waals surface area contributed by atoms with Gasteiger partial charge in [-0.15, -0.1) is 0 Å². The largest absolute Gasteiger partial charge is 0.393 e. The molecule has 42 heavy (non-hydrogen) atoms. The lowest BCUT2D eigenvalue weighted by Gasteiger charge is -2.49. The van der Waals surface area contributed by atoms with Crippen molar-refractivity contribution in [3.05, 3.63) is 74.1 Å². The lowest BCUT2D eigenvalue weighted by atomic mass is 9.59. The van der Waals surface area contributed by atoms with E-state index in [0.29, 0.717) is 36.3 Å². The van der Waals surface area contributed by atoms with Crippen LogP contribution in [0.2, 0.25) is 0 Å². The highest BCUT2D eigenvalue weighted by Crippen LogP contribution is 2.62. The zero-order valence-corrected chi connectivity index (χ0v) is 26.0. The highest BCUT2D eigenvalue weighted by atomic mass is 16.3. The monoisotopic (exact) mass is 575 g/mol. The molecule has 1 aromatic carbocycles. The summed E-state index contributed by atoms with van der Waals surface area (Å²) in [5.41, 5.74) is 3.01. The molecule has 0 bridgehead atoms. The van der Waals surface area contributed by atoms with Gasteiger partial charge in [0.2, 0.25) is 0 Å². The maximum Gasteiger partial charge on any atom is 0.352 e. The Bertz CT molecular complexity index is 1490. The number of nitrogens with zero attached hydrogens (tertiary/aromatic N) is 3. The van der Waals surface area contributed by atoms with Crippen LogP contribution in [0.1, 0.15) is 104 Å². The highest BCUT2D eigenvalue weighted by molar-refractivity contribution is 5.37. The summed E-state index contributed by atoms with van der Waals surface area (Å²) in [4.78, 5) is 28.3. The minimum Gasteiger partial charge on any atom is -0.393 e. The summed E-state index contributed by atoms with van der Waals surface area (Å²) >= 11 is 0. The maximum absolute atomic E-state index is 14.2. The van der Waals surface area contributed by atoms with Crippen molar-refractivity contribution in [3.8, 4) is 5.69 Å². The number of aromatic nitrogens is 3. The van der Waals surface area contributed by atoms with Gasteiger partial charge in [0.25, 0.3) is 0 Å². The number of para-hydroxylation sites is 1. The summed E-state index contributed by atoms with van der Waals surface area (Å²) < 4.78 is 4.68. The van der Waals surface area contributed by atoms with Gasteiger partial charge >= 0.3 is 11.4 Å². The molecule has 1 aromatic heterocycles. The van der Waals surface area contributed by atoms with Gasteiger partial charge < -0.3 is 10.2 Å². The van der Waals surface area contributed by atoms with Crippen LogP contribution in [0.3, 0.4) is 0 Å². The lowest BCUT2D eigenvalue weighted by molar-refractivity contribution is 0.0677. The Morgan fingerprint density at radius 1 is 0.976 bits per heavy atom. The van der Waals surface area contributed by atoms with E-state index in [1.165, 1.54) is 35.8 Å². The Balaban J connectivity index is 1.46. The van der Waals surface area contributed by atoms with Gasteiger partial charge in [-0.2, -0.15) is 0 Å². The van der Waals surface area contributed by atoms with Gasteiger partial charge in [-0.25, -0.2) is 23.5 Å². The second-order valence-electron chi connectivity index (χ2n) is 14.5. The van der Waals surface area contributed by atoms with Crippen molar-refractivity contribution in [1.29, 1.82) is 0 Å². The molecule has 2 heterocycles. The molecular weight excluding hydrogens is 526 g/mol. The van der Waals surface area contributed by atoms with Gasteiger partial charge in [-0.05, 0) is 97.0 Å². The van der Waals surface area contributed by atoms with E-state index < -0.39 is 18.2 Å². The molecule has 1 aliphatic heterocycles. The van der Waals surface area contributed by atoms with Crippen molar-refractivity contribution in [2.24, 2.45) is 29.1 Å². The fourth-order valence-electron chi connectivity index (χ4n) is 9.30. The normalized spacial score (nSPS) is 33.3. The molecule has 0 radical (unpaired) electrons. The third-order valence-electron chi connectivity index (χ3n) is 11.5. The Morgan fingerprint density at radius 2 is 1.69 bits per heavy atom. The number of hydrogen-bond donors (Lipinski definition) is 2. The van der Waals surface area contributed by atoms with Crippen molar-refractivity contribution >= 4 is 0 Å². The first kappa shape index (κ1) is 29.4. The van der Waals surface area contributed by atoms with Gasteiger partial charge in [-0.3, -0.25) is 0 Å². The van der Waals surface area contributed by atoms with Crippen molar-refractivity contribution in [3.63, 3.8) is 0 Å². The molecule has 8 atom stereocenters. The summed E-state index contributed by atoms with van der Waals surface area (Å²) in [6.07, 6.45) is 9.50. The van der Waals surface area contributed by atoms with Crippen LogP contribution in [0.25, 0.3) is 5.69 Å². The molecule has 2 N–H and O–H groups in total. The third-order valence-corrected chi connectivity index (χ3v) is 11.5. The highest BCUT2D eigenvalue weighted by Gasteiger charge is 2.55. The first-order valence-electron chi connectivity index (χ1n) is 16.3. The quantitative estimate of drug-likeness (QED) is 0.400. The van der Waals surface area contributed by atoms with Crippen LogP contribution in [-0.2, 0) is 0 Å². The molecule has 4 aliphatic rings. The molecule has 228 valence electrons. The van der Waals surface area contributed by atoms with E-state index in [1.807, 2.05) is 25.1 Å². The third kappa shape index (κ3) is 4.71. The van der Waals surface area contributed by atoms with Crippen LogP contribution >= 0.6 is 0 Å². The summed E-state index contributed by atoms with van der Waals surface area (Å²) in [5, 5.41) is 21.5. The molecule has 2 saturated carbocycles. The Labute approximate surface area is 249 Å². The van der Waals surface area contributed by atoms with Crippen molar-refractivity contribution < 1.29 is 10.2 Å². The fourth-order valence-corrected chi connectivity index (χ4v) is 9.30. The molecule has 2 fully saturated rings. The van der Waals surface area contributed by atoms with E-state index in [1.54, 1.807) is 21.5 Å². The smallest absolute Gasteiger partial charge is 0.352 e. The van der Waals surface area contributed by atoms with E-state index in [0.717, 1.165) is 36.3 Å². The van der Waals surface area contributed by atoms with Crippen LogP contribution in [0.5, 0.6) is 0 Å². The van der Waals surface area contributed by atoms with Crippen molar-refractivity contribution in [2.75, 3.05) is 0 Å². The predicted octanol–water partition coefficient (Wildman–Crippen LogP) is 5.94. The Kier molecular flexibility index (Phi) is 7.80. The van der Waals surface area contributed by atoms with Gasteiger partial charge in [0, 0.05) is 6.42 Å². The summed E-state index contributed by atoms with van der Waals surface area (Å²) in [7, 11) is 0. The average Bonchev–Trinajstić information content (AvgIpc) is 3.44. The van der Waals surface area contributed by atoms with E-state index in [4.69, 9.17) is 0 Å². The Morgan fingerprint density at radius 3 is 2.40 bits per heavy atom. The molecule has 7 nitrogen and oxygen atoms in total. The van der Waals surface area contributed by atoms with E-state index in [-0.39, 0.29) is 22.8 Å². The molecule has 0 saturated heterocycles. The zero-order chi connectivity index (χ0) is 29.9. The first-order chi connectivity index (χ1) is 20.0. The summed E-state index contributed by atoms with van der Waals surface area (Å²) in [6.45, 7) is 11.5. The van der Waals surface area contributed by atoms with Crippen LogP contribution in [0, 0.1) is 29.1 Å². The number of benzene rings is 1. The van der Waals surface area contributed by atoms with Gasteiger partial charge in [-0.1, -0.05) is 71.2 Å². The second kappa shape index (κ2) is 11.1. The first-order valence-corrected chi connectivity index (χ1v) is 16.3. The molecule has 3 aliphatic carbocycles. The van der Waals surface area contributed by atoms with Gasteiger partial charge in [0.15, 0.2) is 0 Å². The molecule has 0 unspecified atom stereocenters. The predicted molar refractivity (Wildman–Crippen MR) is 166 cm³/mol. The number of hydrogen-bond acceptors (Lipinski definition) is 4. The van der Waals surface area contributed by atoms with Gasteiger partial charge in [0.05, 0.1) is 30.0 Å². The zero-order valence-electron chi connectivity index (χ0n) is 26.0. The minimum absolute atomic E-state index is 0.154. The number of aliphatic hydroxyl groups is 2. The molecule has 7 heteroatoms. The number of aliphatic hydroxyl groups excluding tert-OH is 2. The topological polar surface area (TPSA) is 89.4 Å². The van der Waals surface area contributed by atoms with E-state index >= 15 is 0 Å². The summed E-state index contributed by atoms with van der Waals surface area (Å²) in [5.74, 6) is 2.39. The molecular formula is C35H49N3O4. The van der Waals surface area contributed by atoms with E-state index in [2.05, 4.69) is 33.8 Å². The standard InChI is InChI=1S/C35H49N3O4/c1-21(2)10-9-11-22(3)28-14-15-29-27-20-31(26-18-25(39)19-32(40)23(26)4)38-34(42)36(24-12-7-6-8-13-24)33(41)37(38)30(27)16-17-35(28,29)5/h6-8,12-13,20-22,25,28-32,39-40H,9-11,14-19H2,1-5H3/t22-,25-,28-,29+,30+,31-,32-,35-/m1/s1. The Hall–Kier alpha value is -2.64. The van der Waals surface area contributed by atoms with Crippen LogP contribution < -0.4 is 11.4 Å². The second-order valence-corrected chi connectivity index (χ2v) is 14.5. The molecule has 0 spiro atoms. The number of allylic oxidation sites excluding steroid dienone is 2. The maximum atomic E-state index is 14.2. The minimum atomic E-state index is -0.758. The number of rotatable bonds is 7. The molecule has 6 rings (SSSR count). The SMILES string of the molecule is CC1=C([C@H]2C=C3[C@H](CC[C@]4(C)[C@@H]([C@H](C)CCCC(C)C)CC[C@@H]34)n3c(=O)n(-c4ccccc4)c(=O)n32)C[C@@H](O)C[C@H]1O. The molecule has 0 amide bonds. The van der Waals surface area contributed by atoms with E-state index in [9.17, 15) is 19.8 Å². The van der Waals surface area contributed by atoms with Crippen LogP contribution in [-0.4, -0.2) is 36.4 Å². The van der Waals surface area contributed by atoms with Crippen molar-refractivity contribution in [2.45, 2.75) is 117 Å². The van der Waals surface area contributed by atoms with Crippen LogP contribution in [0.4, 0.5) is 0 Å². The van der Waals surface area contributed by atoms with Crippen LogP contribution in [0.15, 0.2) is 62.7 Å². The fraction of sp³-hybridized carbons (Fsp3) is 0.657. The summed E-state index contributed by atoms with van der Waals surface area (Å²) in [6, 6.07) is 8.52. The molecule has 2 aromatic rings. The van der Waals surface area contributed by atoms with Gasteiger partial charge in [0.1, 0.15) is 0 Å². The number of fused-ring (bicyclic) bond motifs is 5.